The summed E-state index contributed by atoms with van der Waals surface area (Å²) >= 11 is 0. The van der Waals surface area contributed by atoms with Gasteiger partial charge in [0.1, 0.15) is 5.58 Å². The predicted octanol–water partition coefficient (Wildman–Crippen LogP) is 1.73. The van der Waals surface area contributed by atoms with Crippen LogP contribution in [0.5, 0.6) is 0 Å². The van der Waals surface area contributed by atoms with E-state index >= 15 is 0 Å². The summed E-state index contributed by atoms with van der Waals surface area (Å²) in [6, 6.07) is 5.62. The molecule has 0 fully saturated rings. The Morgan fingerprint density at radius 2 is 2.21 bits per heavy atom. The molecule has 0 bridgehead atoms. The van der Waals surface area contributed by atoms with E-state index in [-0.39, 0.29) is 6.54 Å². The van der Waals surface area contributed by atoms with Crippen molar-refractivity contribution >= 4 is 11.0 Å². The van der Waals surface area contributed by atoms with Gasteiger partial charge in [0.25, 0.3) is 0 Å². The highest BCUT2D eigenvalue weighted by molar-refractivity contribution is 5.82. The van der Waals surface area contributed by atoms with Crippen molar-refractivity contribution in [1.29, 1.82) is 0 Å². The molecule has 0 aliphatic carbocycles. The Morgan fingerprint density at radius 3 is 2.93 bits per heavy atom. The van der Waals surface area contributed by atoms with Crippen molar-refractivity contribution in [3.63, 3.8) is 0 Å². The van der Waals surface area contributed by atoms with Crippen LogP contribution < -0.4 is 5.73 Å². The van der Waals surface area contributed by atoms with Gasteiger partial charge in [0.05, 0.1) is 12.4 Å². The third-order valence-electron chi connectivity index (χ3n) is 2.53. The fraction of sp³-hybridized carbons (Fsp3) is 0.273. The average molecular weight is 191 g/mol. The molecule has 0 aliphatic rings. The average Bonchev–Trinajstić information content (AvgIpc) is 2.66. The van der Waals surface area contributed by atoms with Gasteiger partial charge in [-0.25, -0.2) is 0 Å². The molecule has 1 atom stereocenters. The highest BCUT2D eigenvalue weighted by Crippen LogP contribution is 2.26. The molecule has 0 spiro atoms. The van der Waals surface area contributed by atoms with Gasteiger partial charge in [-0.3, -0.25) is 0 Å². The van der Waals surface area contributed by atoms with E-state index in [1.54, 1.807) is 6.26 Å². The van der Waals surface area contributed by atoms with Gasteiger partial charge in [0, 0.05) is 11.9 Å². The van der Waals surface area contributed by atoms with E-state index < -0.39 is 6.10 Å². The lowest BCUT2D eigenvalue weighted by Crippen LogP contribution is -2.12. The lowest BCUT2D eigenvalue weighted by atomic mass is 10.0. The molecule has 74 valence electrons. The first-order valence-corrected chi connectivity index (χ1v) is 4.59. The van der Waals surface area contributed by atoms with Crippen LogP contribution in [0, 0.1) is 6.92 Å². The largest absolute Gasteiger partial charge is 0.464 e. The highest BCUT2D eigenvalue weighted by atomic mass is 16.3. The Bertz CT molecular complexity index is 447. The van der Waals surface area contributed by atoms with Crippen LogP contribution in [0.1, 0.15) is 17.2 Å². The number of nitrogens with two attached hydrogens (primary N) is 1. The molecule has 3 nitrogen and oxygen atoms in total. The summed E-state index contributed by atoms with van der Waals surface area (Å²) in [6.45, 7) is 2.20. The molecule has 0 radical (unpaired) electrons. The van der Waals surface area contributed by atoms with E-state index in [1.165, 1.54) is 0 Å². The second kappa shape index (κ2) is 3.44. The van der Waals surface area contributed by atoms with Gasteiger partial charge < -0.3 is 15.3 Å². The smallest absolute Gasteiger partial charge is 0.134 e. The van der Waals surface area contributed by atoms with E-state index in [4.69, 9.17) is 10.2 Å². The van der Waals surface area contributed by atoms with E-state index in [1.807, 2.05) is 25.1 Å². The molecule has 1 aromatic heterocycles. The monoisotopic (exact) mass is 191 g/mol. The molecular formula is C11H13NO2. The second-order valence-corrected chi connectivity index (χ2v) is 3.36. The molecule has 2 aromatic rings. The fourth-order valence-corrected chi connectivity index (χ4v) is 1.69. The topological polar surface area (TPSA) is 59.4 Å². The van der Waals surface area contributed by atoms with Crippen LogP contribution >= 0.6 is 0 Å². The normalized spacial score (nSPS) is 13.4. The molecule has 0 amide bonds. The summed E-state index contributed by atoms with van der Waals surface area (Å²) in [6.07, 6.45) is 1.06. The van der Waals surface area contributed by atoms with Crippen LogP contribution in [0.25, 0.3) is 11.0 Å². The summed E-state index contributed by atoms with van der Waals surface area (Å²) in [7, 11) is 0. The molecule has 0 aliphatic heterocycles. The Kier molecular flexibility index (Phi) is 2.27. The zero-order valence-electron chi connectivity index (χ0n) is 8.03. The van der Waals surface area contributed by atoms with Gasteiger partial charge >= 0.3 is 0 Å². The quantitative estimate of drug-likeness (QED) is 0.760. The van der Waals surface area contributed by atoms with Gasteiger partial charge in [-0.2, -0.15) is 0 Å². The Hall–Kier alpha value is -1.32. The first kappa shape index (κ1) is 9.24. The molecule has 1 heterocycles. The fourth-order valence-electron chi connectivity index (χ4n) is 1.69. The molecule has 14 heavy (non-hydrogen) atoms. The summed E-state index contributed by atoms with van der Waals surface area (Å²) in [4.78, 5) is 0. The SMILES string of the molecule is Cc1c(C(O)CN)ccc2occc12. The van der Waals surface area contributed by atoms with E-state index in [2.05, 4.69) is 0 Å². The molecule has 3 N–H and O–H groups in total. The molecular weight excluding hydrogens is 178 g/mol. The Morgan fingerprint density at radius 1 is 1.43 bits per heavy atom. The van der Waals surface area contributed by atoms with E-state index in [9.17, 15) is 5.11 Å². The second-order valence-electron chi connectivity index (χ2n) is 3.36. The van der Waals surface area contributed by atoms with Gasteiger partial charge in [-0.15, -0.1) is 0 Å². The molecule has 0 saturated heterocycles. The summed E-state index contributed by atoms with van der Waals surface area (Å²) in [5.74, 6) is 0. The van der Waals surface area contributed by atoms with Crippen LogP contribution in [0.3, 0.4) is 0 Å². The number of aryl methyl sites for hydroxylation is 1. The van der Waals surface area contributed by atoms with Crippen molar-refractivity contribution in [2.24, 2.45) is 5.73 Å². The molecule has 1 unspecified atom stereocenters. The maximum Gasteiger partial charge on any atom is 0.134 e. The van der Waals surface area contributed by atoms with Gasteiger partial charge in [-0.1, -0.05) is 6.07 Å². The van der Waals surface area contributed by atoms with Crippen molar-refractivity contribution in [2.75, 3.05) is 6.54 Å². The van der Waals surface area contributed by atoms with Crippen LogP contribution in [0.15, 0.2) is 28.9 Å². The molecule has 1 aromatic carbocycles. The van der Waals surface area contributed by atoms with Crippen molar-refractivity contribution < 1.29 is 9.52 Å². The number of aliphatic hydroxyl groups excluding tert-OH is 1. The maximum absolute atomic E-state index is 9.65. The maximum atomic E-state index is 9.65. The molecule has 3 heteroatoms. The Labute approximate surface area is 82.1 Å². The van der Waals surface area contributed by atoms with Crippen molar-refractivity contribution in [2.45, 2.75) is 13.0 Å². The zero-order chi connectivity index (χ0) is 10.1. The van der Waals surface area contributed by atoms with Crippen molar-refractivity contribution in [1.82, 2.24) is 0 Å². The summed E-state index contributed by atoms with van der Waals surface area (Å²) in [5.41, 5.74) is 8.17. The first-order valence-electron chi connectivity index (χ1n) is 4.59. The summed E-state index contributed by atoms with van der Waals surface area (Å²) in [5, 5.41) is 10.7. The third kappa shape index (κ3) is 1.31. The number of rotatable bonds is 2. The van der Waals surface area contributed by atoms with Crippen molar-refractivity contribution in [3.8, 4) is 0 Å². The number of fused-ring (bicyclic) bond motifs is 1. The first-order chi connectivity index (χ1) is 6.74. The number of aliphatic hydroxyl groups is 1. The Balaban J connectivity index is 2.61. The van der Waals surface area contributed by atoms with E-state index in [0.717, 1.165) is 22.1 Å². The van der Waals surface area contributed by atoms with Gasteiger partial charge in [0.15, 0.2) is 0 Å². The minimum atomic E-state index is -0.589. The van der Waals surface area contributed by atoms with Gasteiger partial charge in [-0.05, 0) is 30.2 Å². The standard InChI is InChI=1S/C11H13NO2/c1-7-8(10(13)6-12)2-3-11-9(7)4-5-14-11/h2-5,10,13H,6,12H2,1H3. The minimum Gasteiger partial charge on any atom is -0.464 e. The molecule has 2 rings (SSSR count). The van der Waals surface area contributed by atoms with Crippen molar-refractivity contribution in [3.05, 3.63) is 35.6 Å². The van der Waals surface area contributed by atoms with Gasteiger partial charge in [0.2, 0.25) is 0 Å². The third-order valence-corrected chi connectivity index (χ3v) is 2.53. The van der Waals surface area contributed by atoms with Crippen LogP contribution in [-0.4, -0.2) is 11.7 Å². The lowest BCUT2D eigenvalue weighted by molar-refractivity contribution is 0.186. The predicted molar refractivity (Wildman–Crippen MR) is 55.0 cm³/mol. The number of benzene rings is 1. The van der Waals surface area contributed by atoms with Crippen LogP contribution in [-0.2, 0) is 0 Å². The molecule has 0 saturated carbocycles. The van der Waals surface area contributed by atoms with Crippen LogP contribution in [0.2, 0.25) is 0 Å². The number of hydrogen-bond donors (Lipinski definition) is 2. The summed E-state index contributed by atoms with van der Waals surface area (Å²) < 4.78 is 5.25. The lowest BCUT2D eigenvalue weighted by Gasteiger charge is -2.11. The van der Waals surface area contributed by atoms with E-state index in [0.29, 0.717) is 0 Å². The number of hydrogen-bond acceptors (Lipinski definition) is 3. The number of furan rings is 1. The zero-order valence-corrected chi connectivity index (χ0v) is 8.03. The van der Waals surface area contributed by atoms with Crippen LogP contribution in [0.4, 0.5) is 0 Å². The highest BCUT2D eigenvalue weighted by Gasteiger charge is 2.11. The minimum absolute atomic E-state index is 0.240.